The summed E-state index contributed by atoms with van der Waals surface area (Å²) in [4.78, 5) is 22.6. The smallest absolute Gasteiger partial charge is 0.325 e. The molecule has 2 aromatic carbocycles. The molecule has 0 amide bonds. The molecular formula is C20H16O4. The monoisotopic (exact) mass is 320 g/mol. The Morgan fingerprint density at radius 3 is 1.83 bits per heavy atom. The van der Waals surface area contributed by atoms with E-state index in [-0.39, 0.29) is 6.42 Å². The second-order valence-electron chi connectivity index (χ2n) is 5.72. The number of carboxylic acid groups (broad SMARTS) is 2. The topological polar surface area (TPSA) is 74.6 Å². The van der Waals surface area contributed by atoms with Gasteiger partial charge in [0.05, 0.1) is 0 Å². The van der Waals surface area contributed by atoms with E-state index in [1.165, 1.54) is 6.08 Å². The lowest BCUT2D eigenvalue weighted by Gasteiger charge is -2.23. The molecule has 0 unspecified atom stereocenters. The number of hydrogen-bond acceptors (Lipinski definition) is 2. The van der Waals surface area contributed by atoms with Gasteiger partial charge in [-0.1, -0.05) is 72.8 Å². The third-order valence-electron chi connectivity index (χ3n) is 4.28. The number of carboxylic acids is 2. The van der Waals surface area contributed by atoms with Gasteiger partial charge >= 0.3 is 11.9 Å². The maximum Gasteiger partial charge on any atom is 0.325 e. The number of benzene rings is 2. The summed E-state index contributed by atoms with van der Waals surface area (Å²) in [6.45, 7) is 0. The quantitative estimate of drug-likeness (QED) is 0.839. The van der Waals surface area contributed by atoms with E-state index in [0.717, 1.165) is 22.3 Å². The molecule has 4 heteroatoms. The van der Waals surface area contributed by atoms with E-state index in [9.17, 15) is 19.8 Å². The number of allylic oxidation sites excluding steroid dienone is 3. The molecule has 0 bridgehead atoms. The lowest BCUT2D eigenvalue weighted by molar-refractivity contribution is -0.160. The van der Waals surface area contributed by atoms with Crippen molar-refractivity contribution in [1.82, 2.24) is 0 Å². The third kappa shape index (κ3) is 2.74. The molecule has 24 heavy (non-hydrogen) atoms. The molecule has 0 atom stereocenters. The molecule has 0 heterocycles. The van der Waals surface area contributed by atoms with Crippen molar-refractivity contribution in [2.45, 2.75) is 6.42 Å². The Balaban J connectivity index is 1.84. The molecule has 3 rings (SSSR count). The summed E-state index contributed by atoms with van der Waals surface area (Å²) >= 11 is 0. The summed E-state index contributed by atoms with van der Waals surface area (Å²) in [5.74, 6) is -2.69. The maximum atomic E-state index is 11.3. The largest absolute Gasteiger partial charge is 0.480 e. The third-order valence-corrected chi connectivity index (χ3v) is 4.28. The van der Waals surface area contributed by atoms with Gasteiger partial charge in [-0.25, -0.2) is 0 Å². The van der Waals surface area contributed by atoms with Gasteiger partial charge in [0.15, 0.2) is 5.41 Å². The van der Waals surface area contributed by atoms with Gasteiger partial charge in [0.1, 0.15) is 0 Å². The fraction of sp³-hybridized carbons (Fsp3) is 0.100. The van der Waals surface area contributed by atoms with Gasteiger partial charge < -0.3 is 10.2 Å². The van der Waals surface area contributed by atoms with Crippen LogP contribution in [0, 0.1) is 5.41 Å². The molecule has 4 nitrogen and oxygen atoms in total. The van der Waals surface area contributed by atoms with Crippen molar-refractivity contribution in [1.29, 1.82) is 0 Å². The van der Waals surface area contributed by atoms with Crippen LogP contribution in [-0.2, 0) is 9.59 Å². The van der Waals surface area contributed by atoms with E-state index in [1.807, 2.05) is 54.6 Å². The first-order valence-electron chi connectivity index (χ1n) is 7.55. The predicted molar refractivity (Wildman–Crippen MR) is 91.3 cm³/mol. The standard InChI is InChI=1S/C20H16O4/c21-18(22)20(19(23)24)12-10-17(11-13-20)16-8-6-15(7-9-16)14-4-2-1-3-5-14/h1-12H,13H2,(H,21,22)(H,23,24). The number of carbonyl (C=O) groups is 2. The molecule has 0 spiro atoms. The van der Waals surface area contributed by atoms with Crippen LogP contribution in [0.2, 0.25) is 0 Å². The molecule has 0 fully saturated rings. The molecule has 0 aromatic heterocycles. The summed E-state index contributed by atoms with van der Waals surface area (Å²) in [6, 6.07) is 17.9. The molecule has 0 aliphatic heterocycles. The summed E-state index contributed by atoms with van der Waals surface area (Å²) in [5.41, 5.74) is 2.09. The van der Waals surface area contributed by atoms with Crippen molar-refractivity contribution < 1.29 is 19.8 Å². The van der Waals surface area contributed by atoms with Gasteiger partial charge in [0.25, 0.3) is 0 Å². The molecule has 0 saturated carbocycles. The Kier molecular flexibility index (Phi) is 4.04. The van der Waals surface area contributed by atoms with Gasteiger partial charge in [-0.3, -0.25) is 9.59 Å². The molecular weight excluding hydrogens is 304 g/mol. The molecule has 0 radical (unpaired) electrons. The van der Waals surface area contributed by atoms with Crippen LogP contribution >= 0.6 is 0 Å². The Hall–Kier alpha value is -3.14. The van der Waals surface area contributed by atoms with Crippen molar-refractivity contribution in [3.8, 4) is 11.1 Å². The van der Waals surface area contributed by atoms with Crippen molar-refractivity contribution in [3.05, 3.63) is 78.4 Å². The minimum Gasteiger partial charge on any atom is -0.480 e. The van der Waals surface area contributed by atoms with Crippen LogP contribution < -0.4 is 0 Å². The fourth-order valence-electron chi connectivity index (χ4n) is 2.75. The number of hydrogen-bond donors (Lipinski definition) is 2. The van der Waals surface area contributed by atoms with E-state index in [2.05, 4.69) is 0 Å². The first kappa shape index (κ1) is 15.7. The Morgan fingerprint density at radius 1 is 0.792 bits per heavy atom. The maximum absolute atomic E-state index is 11.3. The van der Waals surface area contributed by atoms with Crippen molar-refractivity contribution in [2.24, 2.45) is 5.41 Å². The van der Waals surface area contributed by atoms with Gasteiger partial charge in [0.2, 0.25) is 0 Å². The first-order valence-corrected chi connectivity index (χ1v) is 7.55. The molecule has 0 saturated heterocycles. The van der Waals surface area contributed by atoms with E-state index in [1.54, 1.807) is 12.2 Å². The lowest BCUT2D eigenvalue weighted by Crippen LogP contribution is -2.38. The van der Waals surface area contributed by atoms with Gasteiger partial charge in [0, 0.05) is 0 Å². The SMILES string of the molecule is O=C(O)C1(C(=O)O)C=CC(c2ccc(-c3ccccc3)cc2)=CC1. The average molecular weight is 320 g/mol. The summed E-state index contributed by atoms with van der Waals surface area (Å²) in [7, 11) is 0. The van der Waals surface area contributed by atoms with Gasteiger partial charge in [-0.15, -0.1) is 0 Å². The average Bonchev–Trinajstić information content (AvgIpc) is 2.62. The zero-order valence-corrected chi connectivity index (χ0v) is 12.8. The van der Waals surface area contributed by atoms with E-state index in [0.29, 0.717) is 0 Å². The summed E-state index contributed by atoms with van der Waals surface area (Å²) in [6.07, 6.45) is 4.44. The molecule has 2 N–H and O–H groups in total. The highest BCUT2D eigenvalue weighted by molar-refractivity contribution is 6.02. The van der Waals surface area contributed by atoms with Crippen LogP contribution in [0.4, 0.5) is 0 Å². The molecule has 1 aliphatic rings. The number of rotatable bonds is 4. The predicted octanol–water partition coefficient (Wildman–Crippen LogP) is 3.85. The van der Waals surface area contributed by atoms with Crippen LogP contribution in [0.15, 0.2) is 72.8 Å². The zero-order valence-electron chi connectivity index (χ0n) is 12.8. The Bertz CT molecular complexity index is 816. The minimum absolute atomic E-state index is 0.0655. The second-order valence-corrected chi connectivity index (χ2v) is 5.72. The lowest BCUT2D eigenvalue weighted by atomic mass is 9.79. The van der Waals surface area contributed by atoms with Crippen LogP contribution in [-0.4, -0.2) is 22.2 Å². The van der Waals surface area contributed by atoms with E-state index < -0.39 is 17.4 Å². The second kappa shape index (κ2) is 6.16. The van der Waals surface area contributed by atoms with Crippen LogP contribution in [0.1, 0.15) is 12.0 Å². The van der Waals surface area contributed by atoms with Gasteiger partial charge in [-0.2, -0.15) is 0 Å². The van der Waals surface area contributed by atoms with Crippen LogP contribution in [0.25, 0.3) is 16.7 Å². The first-order chi connectivity index (χ1) is 11.5. The molecule has 120 valence electrons. The molecule has 2 aromatic rings. The molecule has 1 aliphatic carbocycles. The van der Waals surface area contributed by atoms with Crippen molar-refractivity contribution >= 4 is 17.5 Å². The Morgan fingerprint density at radius 2 is 1.33 bits per heavy atom. The van der Waals surface area contributed by atoms with Crippen molar-refractivity contribution in [3.63, 3.8) is 0 Å². The highest BCUT2D eigenvalue weighted by Gasteiger charge is 2.44. The number of aliphatic carboxylic acids is 2. The normalized spacial score (nSPS) is 15.6. The highest BCUT2D eigenvalue weighted by Crippen LogP contribution is 2.34. The van der Waals surface area contributed by atoms with Gasteiger partial charge in [-0.05, 0) is 28.7 Å². The van der Waals surface area contributed by atoms with Crippen molar-refractivity contribution in [2.75, 3.05) is 0 Å². The van der Waals surface area contributed by atoms with E-state index in [4.69, 9.17) is 0 Å². The van der Waals surface area contributed by atoms with Crippen LogP contribution in [0.3, 0.4) is 0 Å². The summed E-state index contributed by atoms with van der Waals surface area (Å²) in [5, 5.41) is 18.4. The van der Waals surface area contributed by atoms with E-state index >= 15 is 0 Å². The highest BCUT2D eigenvalue weighted by atomic mass is 16.4. The Labute approximate surface area is 139 Å². The summed E-state index contributed by atoms with van der Waals surface area (Å²) < 4.78 is 0. The van der Waals surface area contributed by atoms with Crippen LogP contribution in [0.5, 0.6) is 0 Å². The minimum atomic E-state index is -1.87. The fourth-order valence-corrected chi connectivity index (χ4v) is 2.75. The zero-order chi connectivity index (χ0) is 17.2.